The highest BCUT2D eigenvalue weighted by molar-refractivity contribution is 6.04. The van der Waals surface area contributed by atoms with E-state index >= 15 is 0 Å². The van der Waals surface area contributed by atoms with Crippen molar-refractivity contribution in [3.63, 3.8) is 0 Å². The Morgan fingerprint density at radius 2 is 2.22 bits per heavy atom. The molecule has 2 heterocycles. The number of hydrogen-bond acceptors (Lipinski definition) is 3. The summed E-state index contributed by atoms with van der Waals surface area (Å²) in [5.41, 5.74) is 3.58. The first-order chi connectivity index (χ1) is 11.2. The molecule has 1 amide bonds. The Hall–Kier alpha value is -2.82. The number of hydrogen-bond donors (Lipinski definition) is 2. The predicted octanol–water partition coefficient (Wildman–Crippen LogP) is 2.60. The van der Waals surface area contributed by atoms with E-state index in [1.54, 1.807) is 0 Å². The van der Waals surface area contributed by atoms with Crippen LogP contribution in [-0.4, -0.2) is 28.8 Å². The second-order valence-corrected chi connectivity index (χ2v) is 5.88. The molecule has 0 fully saturated rings. The lowest BCUT2D eigenvalue weighted by Gasteiger charge is -2.11. The van der Waals surface area contributed by atoms with Crippen LogP contribution in [0, 0.1) is 6.92 Å². The van der Waals surface area contributed by atoms with Crippen molar-refractivity contribution in [2.45, 2.75) is 19.4 Å². The molecule has 0 aliphatic carbocycles. The molecule has 1 unspecified atom stereocenters. The molecule has 1 atom stereocenters. The van der Waals surface area contributed by atoms with E-state index < -0.39 is 0 Å². The molecule has 0 radical (unpaired) electrons. The summed E-state index contributed by atoms with van der Waals surface area (Å²) in [7, 11) is 0. The zero-order valence-electron chi connectivity index (χ0n) is 12.8. The number of para-hydroxylation sites is 1. The number of ether oxygens (including phenoxy) is 1. The van der Waals surface area contributed by atoms with E-state index in [1.165, 1.54) is 5.56 Å². The quantitative estimate of drug-likeness (QED) is 0.781. The molecule has 0 spiro atoms. The molecule has 4 rings (SSSR count). The number of nitrogens with zero attached hydrogens (tertiary/aromatic N) is 1. The summed E-state index contributed by atoms with van der Waals surface area (Å²) in [4.78, 5) is 12.4. The smallest absolute Gasteiger partial charge is 0.272 e. The van der Waals surface area contributed by atoms with Gasteiger partial charge in [0.05, 0.1) is 12.1 Å². The summed E-state index contributed by atoms with van der Waals surface area (Å²) in [6.45, 7) is 2.46. The van der Waals surface area contributed by atoms with Crippen molar-refractivity contribution in [1.82, 2.24) is 15.5 Å². The van der Waals surface area contributed by atoms with Gasteiger partial charge in [-0.05, 0) is 30.7 Å². The Labute approximate surface area is 133 Å². The molecule has 2 N–H and O–H groups in total. The van der Waals surface area contributed by atoms with Crippen LogP contribution in [-0.2, 0) is 6.42 Å². The van der Waals surface area contributed by atoms with Gasteiger partial charge in [-0.15, -0.1) is 0 Å². The summed E-state index contributed by atoms with van der Waals surface area (Å²) in [6.07, 6.45) is 0.792. The number of rotatable bonds is 3. The van der Waals surface area contributed by atoms with E-state index in [4.69, 9.17) is 4.74 Å². The molecule has 1 aliphatic heterocycles. The Balaban J connectivity index is 1.45. The summed E-state index contributed by atoms with van der Waals surface area (Å²) >= 11 is 0. The number of carbonyl (C=O) groups is 1. The standard InChI is InChI=1S/C18H17N3O2/c1-11-6-7-15-14(8-11)17(21-20-15)18(22)19-10-13-9-12-4-2-3-5-16(12)23-13/h2-8,13H,9-10H2,1H3,(H,19,22)(H,20,21). The molecule has 1 aliphatic rings. The van der Waals surface area contributed by atoms with Gasteiger partial charge in [-0.2, -0.15) is 5.10 Å². The van der Waals surface area contributed by atoms with Crippen LogP contribution in [0.3, 0.4) is 0 Å². The average molecular weight is 307 g/mol. The lowest BCUT2D eigenvalue weighted by molar-refractivity contribution is 0.0930. The zero-order valence-corrected chi connectivity index (χ0v) is 12.8. The van der Waals surface area contributed by atoms with Gasteiger partial charge in [-0.25, -0.2) is 0 Å². The highest BCUT2D eigenvalue weighted by atomic mass is 16.5. The van der Waals surface area contributed by atoms with Gasteiger partial charge in [-0.3, -0.25) is 9.89 Å². The Morgan fingerprint density at radius 3 is 3.09 bits per heavy atom. The SMILES string of the molecule is Cc1ccc2[nH]nc(C(=O)NCC3Cc4ccccc4O3)c2c1. The Kier molecular flexibility index (Phi) is 3.26. The summed E-state index contributed by atoms with van der Waals surface area (Å²) in [5, 5.41) is 10.8. The number of H-pyrrole nitrogens is 1. The predicted molar refractivity (Wildman–Crippen MR) is 87.7 cm³/mol. The maximum absolute atomic E-state index is 12.4. The van der Waals surface area contributed by atoms with Crippen LogP contribution in [0.4, 0.5) is 0 Å². The van der Waals surface area contributed by atoms with Crippen LogP contribution in [0.25, 0.3) is 10.9 Å². The van der Waals surface area contributed by atoms with E-state index in [0.29, 0.717) is 12.2 Å². The van der Waals surface area contributed by atoms with Gasteiger partial charge in [0.1, 0.15) is 11.9 Å². The first-order valence-corrected chi connectivity index (χ1v) is 7.68. The van der Waals surface area contributed by atoms with Crippen LogP contribution in [0.5, 0.6) is 5.75 Å². The molecule has 116 valence electrons. The monoisotopic (exact) mass is 307 g/mol. The summed E-state index contributed by atoms with van der Waals surface area (Å²) in [6, 6.07) is 13.9. The molecule has 3 aromatic rings. The molecule has 0 saturated carbocycles. The highest BCUT2D eigenvalue weighted by Gasteiger charge is 2.23. The summed E-state index contributed by atoms with van der Waals surface area (Å²) < 4.78 is 5.84. The van der Waals surface area contributed by atoms with Crippen LogP contribution >= 0.6 is 0 Å². The number of aromatic amines is 1. The van der Waals surface area contributed by atoms with Crippen LogP contribution in [0.1, 0.15) is 21.6 Å². The molecule has 2 aromatic carbocycles. The number of aryl methyl sites for hydroxylation is 1. The van der Waals surface area contributed by atoms with Crippen LogP contribution in [0.15, 0.2) is 42.5 Å². The number of carbonyl (C=O) groups excluding carboxylic acids is 1. The van der Waals surface area contributed by atoms with Gasteiger partial charge < -0.3 is 10.1 Å². The zero-order chi connectivity index (χ0) is 15.8. The third-order valence-electron chi connectivity index (χ3n) is 4.14. The molecule has 23 heavy (non-hydrogen) atoms. The first kappa shape index (κ1) is 13.8. The van der Waals surface area contributed by atoms with E-state index in [0.717, 1.165) is 28.6 Å². The molecule has 5 nitrogen and oxygen atoms in total. The van der Waals surface area contributed by atoms with Crippen LogP contribution in [0.2, 0.25) is 0 Å². The van der Waals surface area contributed by atoms with Gasteiger partial charge in [0.2, 0.25) is 0 Å². The minimum Gasteiger partial charge on any atom is -0.488 e. The van der Waals surface area contributed by atoms with E-state index in [9.17, 15) is 4.79 Å². The third kappa shape index (κ3) is 2.54. The molecular weight excluding hydrogens is 290 g/mol. The number of amides is 1. The van der Waals surface area contributed by atoms with Gasteiger partial charge in [0.25, 0.3) is 5.91 Å². The molecule has 0 saturated heterocycles. The highest BCUT2D eigenvalue weighted by Crippen LogP contribution is 2.27. The van der Waals surface area contributed by atoms with Crippen molar-refractivity contribution in [2.24, 2.45) is 0 Å². The second-order valence-electron chi connectivity index (χ2n) is 5.88. The minimum absolute atomic E-state index is 0.0247. The fourth-order valence-electron chi connectivity index (χ4n) is 2.96. The van der Waals surface area contributed by atoms with Crippen molar-refractivity contribution in [3.05, 3.63) is 59.3 Å². The fourth-order valence-corrected chi connectivity index (χ4v) is 2.96. The van der Waals surface area contributed by atoms with Crippen molar-refractivity contribution >= 4 is 16.8 Å². The van der Waals surface area contributed by atoms with Gasteiger partial charge >= 0.3 is 0 Å². The van der Waals surface area contributed by atoms with Crippen molar-refractivity contribution in [1.29, 1.82) is 0 Å². The molecule has 1 aromatic heterocycles. The number of nitrogens with one attached hydrogen (secondary N) is 2. The minimum atomic E-state index is -0.179. The summed E-state index contributed by atoms with van der Waals surface area (Å²) in [5.74, 6) is 0.731. The second kappa shape index (κ2) is 5.43. The molecule has 0 bridgehead atoms. The Morgan fingerprint density at radius 1 is 1.35 bits per heavy atom. The van der Waals surface area contributed by atoms with Crippen molar-refractivity contribution in [3.8, 4) is 5.75 Å². The largest absolute Gasteiger partial charge is 0.488 e. The maximum Gasteiger partial charge on any atom is 0.272 e. The molecular formula is C18H17N3O2. The molecule has 5 heteroatoms. The lowest BCUT2D eigenvalue weighted by Crippen LogP contribution is -2.34. The van der Waals surface area contributed by atoms with Gasteiger partial charge in [0.15, 0.2) is 5.69 Å². The average Bonchev–Trinajstić information content (AvgIpc) is 3.15. The normalized spacial score (nSPS) is 16.1. The van der Waals surface area contributed by atoms with Crippen molar-refractivity contribution < 1.29 is 9.53 Å². The fraction of sp³-hybridized carbons (Fsp3) is 0.222. The number of aromatic nitrogens is 2. The lowest BCUT2D eigenvalue weighted by atomic mass is 10.1. The van der Waals surface area contributed by atoms with Gasteiger partial charge in [-0.1, -0.05) is 29.8 Å². The number of benzene rings is 2. The maximum atomic E-state index is 12.4. The van der Waals surface area contributed by atoms with Crippen LogP contribution < -0.4 is 10.1 Å². The van der Waals surface area contributed by atoms with Crippen molar-refractivity contribution in [2.75, 3.05) is 6.54 Å². The first-order valence-electron chi connectivity index (χ1n) is 7.68. The van der Waals surface area contributed by atoms with E-state index in [-0.39, 0.29) is 12.0 Å². The third-order valence-corrected chi connectivity index (χ3v) is 4.14. The van der Waals surface area contributed by atoms with E-state index in [2.05, 4.69) is 21.6 Å². The topological polar surface area (TPSA) is 67.0 Å². The van der Waals surface area contributed by atoms with E-state index in [1.807, 2.05) is 43.3 Å². The number of fused-ring (bicyclic) bond motifs is 2. The Bertz CT molecular complexity index is 860. The van der Waals surface area contributed by atoms with Gasteiger partial charge in [0, 0.05) is 11.8 Å².